The van der Waals surface area contributed by atoms with Gasteiger partial charge in [0.05, 0.1) is 24.0 Å². The molecule has 1 unspecified atom stereocenters. The summed E-state index contributed by atoms with van der Waals surface area (Å²) in [5.74, 6) is 0. The number of hydrogen-bond donors (Lipinski definition) is 0. The van der Waals surface area contributed by atoms with Crippen molar-refractivity contribution in [3.05, 3.63) is 35.4 Å². The van der Waals surface area contributed by atoms with E-state index >= 15 is 0 Å². The maximum Gasteiger partial charge on any atom is 0.293 e. The maximum absolute atomic E-state index is 10.1. The molecule has 5 heteroatoms. The van der Waals surface area contributed by atoms with E-state index in [9.17, 15) is 4.79 Å². The fourth-order valence-electron chi connectivity index (χ4n) is 1.96. The van der Waals surface area contributed by atoms with E-state index in [-0.39, 0.29) is 0 Å². The largest absolute Gasteiger partial charge is 0.468 e. The van der Waals surface area contributed by atoms with Gasteiger partial charge >= 0.3 is 0 Å². The molecule has 0 fully saturated rings. The van der Waals surface area contributed by atoms with Gasteiger partial charge in [0.25, 0.3) is 6.47 Å². The Morgan fingerprint density at radius 2 is 2.47 bits per heavy atom. The van der Waals surface area contributed by atoms with E-state index in [1.54, 1.807) is 12.1 Å². The minimum Gasteiger partial charge on any atom is -0.468 e. The summed E-state index contributed by atoms with van der Waals surface area (Å²) in [6.45, 7) is 2.66. The second-order valence-corrected chi connectivity index (χ2v) is 4.67. The highest BCUT2D eigenvalue weighted by Gasteiger charge is 2.34. The lowest BCUT2D eigenvalue weighted by molar-refractivity contribution is -0.130. The molecule has 1 aliphatic heterocycles. The molecule has 0 saturated carbocycles. The molecule has 0 spiro atoms. The Bertz CT molecular complexity index is 548. The average molecular weight is 258 g/mol. The highest BCUT2D eigenvalue weighted by molar-refractivity contribution is 6.01. The van der Waals surface area contributed by atoms with E-state index in [1.807, 2.05) is 19.1 Å². The average Bonchev–Trinajstić information content (AvgIpc) is 2.82. The minimum atomic E-state index is -0.457. The number of hydrogen-bond acceptors (Lipinski definition) is 5. The van der Waals surface area contributed by atoms with Crippen LogP contribution in [0.2, 0.25) is 0 Å². The smallest absolute Gasteiger partial charge is 0.293 e. The zero-order valence-corrected chi connectivity index (χ0v) is 10.6. The summed E-state index contributed by atoms with van der Waals surface area (Å²) in [7, 11) is 0. The van der Waals surface area contributed by atoms with Gasteiger partial charge in [0.15, 0.2) is 0 Å². The maximum atomic E-state index is 10.1. The molecule has 0 amide bonds. The number of benzene rings is 1. The third-order valence-electron chi connectivity index (χ3n) is 3.06. The summed E-state index contributed by atoms with van der Waals surface area (Å²) in [6, 6.07) is 9.35. The summed E-state index contributed by atoms with van der Waals surface area (Å²) < 4.78 is 4.68. The molecule has 1 aliphatic rings. The third-order valence-corrected chi connectivity index (χ3v) is 3.06. The van der Waals surface area contributed by atoms with Gasteiger partial charge in [0.2, 0.25) is 0 Å². The summed E-state index contributed by atoms with van der Waals surface area (Å²) >= 11 is 0. The molecule has 0 N–H and O–H groups in total. The van der Waals surface area contributed by atoms with Gasteiger partial charge < -0.3 is 9.57 Å². The Labute approximate surface area is 111 Å². The first-order chi connectivity index (χ1) is 9.17. The highest BCUT2D eigenvalue weighted by atomic mass is 16.7. The second-order valence-electron chi connectivity index (χ2n) is 4.67. The summed E-state index contributed by atoms with van der Waals surface area (Å²) in [4.78, 5) is 15.6. The van der Waals surface area contributed by atoms with Gasteiger partial charge in [-0.25, -0.2) is 0 Å². The molecular formula is C14H14N2O3. The van der Waals surface area contributed by atoms with Gasteiger partial charge in [-0.05, 0) is 19.1 Å². The van der Waals surface area contributed by atoms with Crippen LogP contribution in [-0.2, 0) is 14.4 Å². The van der Waals surface area contributed by atoms with E-state index in [2.05, 4.69) is 16.0 Å². The zero-order valence-electron chi connectivity index (χ0n) is 10.6. The monoisotopic (exact) mass is 258 g/mol. The van der Waals surface area contributed by atoms with Crippen LogP contribution in [0, 0.1) is 11.3 Å². The number of rotatable bonds is 5. The second kappa shape index (κ2) is 5.53. The van der Waals surface area contributed by atoms with Crippen molar-refractivity contribution in [2.75, 3.05) is 6.61 Å². The van der Waals surface area contributed by atoms with Gasteiger partial charge in [0, 0.05) is 18.4 Å². The molecule has 2 rings (SSSR count). The molecular weight excluding hydrogens is 244 g/mol. The molecule has 0 saturated heterocycles. The van der Waals surface area contributed by atoms with E-state index in [0.717, 1.165) is 11.3 Å². The highest BCUT2D eigenvalue weighted by Crippen LogP contribution is 2.29. The normalized spacial score (nSPS) is 21.2. The Balaban J connectivity index is 2.04. The first kappa shape index (κ1) is 13.1. The summed E-state index contributed by atoms with van der Waals surface area (Å²) in [5.41, 5.74) is 1.84. The van der Waals surface area contributed by atoms with E-state index in [4.69, 9.17) is 10.1 Å². The predicted octanol–water partition coefficient (Wildman–Crippen LogP) is 2.00. The summed E-state index contributed by atoms with van der Waals surface area (Å²) in [6.07, 6.45) is 1.21. The lowest BCUT2D eigenvalue weighted by Gasteiger charge is -2.20. The van der Waals surface area contributed by atoms with Crippen molar-refractivity contribution in [3.8, 4) is 6.07 Å². The van der Waals surface area contributed by atoms with Crippen LogP contribution in [0.25, 0.3) is 0 Å². The minimum absolute atomic E-state index is 0.307. The number of carbonyl (C=O) groups is 1. The molecule has 0 aromatic heterocycles. The number of carbonyl (C=O) groups excluding carboxylic acids is 1. The number of oxime groups is 1. The van der Waals surface area contributed by atoms with E-state index in [0.29, 0.717) is 31.5 Å². The first-order valence-electron chi connectivity index (χ1n) is 5.98. The Morgan fingerprint density at radius 3 is 3.21 bits per heavy atom. The van der Waals surface area contributed by atoms with Crippen LogP contribution in [0.3, 0.4) is 0 Å². The van der Waals surface area contributed by atoms with Crippen molar-refractivity contribution >= 4 is 12.2 Å². The fourth-order valence-corrected chi connectivity index (χ4v) is 1.96. The molecule has 1 aromatic carbocycles. The van der Waals surface area contributed by atoms with Crippen LogP contribution in [0.5, 0.6) is 0 Å². The van der Waals surface area contributed by atoms with Crippen molar-refractivity contribution in [2.24, 2.45) is 5.16 Å². The standard InChI is InChI=1S/C14H14N2O3/c1-14(5-6-18-10-17)8-13(16-19-14)12-4-2-3-11(7-12)9-15/h2-4,7,10H,5-6,8H2,1H3. The first-order valence-corrected chi connectivity index (χ1v) is 5.98. The molecule has 5 nitrogen and oxygen atoms in total. The van der Waals surface area contributed by atoms with Gasteiger partial charge in [-0.3, -0.25) is 4.79 Å². The van der Waals surface area contributed by atoms with Crippen LogP contribution >= 0.6 is 0 Å². The van der Waals surface area contributed by atoms with Crippen molar-refractivity contribution in [1.29, 1.82) is 5.26 Å². The van der Waals surface area contributed by atoms with Gasteiger partial charge in [0.1, 0.15) is 5.60 Å². The van der Waals surface area contributed by atoms with E-state index < -0.39 is 5.60 Å². The van der Waals surface area contributed by atoms with E-state index in [1.165, 1.54) is 0 Å². The molecule has 19 heavy (non-hydrogen) atoms. The summed E-state index contributed by atoms with van der Waals surface area (Å²) in [5, 5.41) is 13.0. The van der Waals surface area contributed by atoms with Crippen LogP contribution in [0.15, 0.2) is 29.4 Å². The topological polar surface area (TPSA) is 71.7 Å². The third kappa shape index (κ3) is 3.10. The molecule has 1 aromatic rings. The van der Waals surface area contributed by atoms with Gasteiger partial charge in [-0.15, -0.1) is 0 Å². The Morgan fingerprint density at radius 1 is 1.63 bits per heavy atom. The van der Waals surface area contributed by atoms with Crippen molar-refractivity contribution in [1.82, 2.24) is 0 Å². The number of nitriles is 1. The van der Waals surface area contributed by atoms with Crippen molar-refractivity contribution in [3.63, 3.8) is 0 Å². The molecule has 0 bridgehead atoms. The molecule has 1 heterocycles. The van der Waals surface area contributed by atoms with Crippen LogP contribution in [-0.4, -0.2) is 24.4 Å². The van der Waals surface area contributed by atoms with Crippen LogP contribution in [0.1, 0.15) is 30.9 Å². The fraction of sp³-hybridized carbons (Fsp3) is 0.357. The zero-order chi connectivity index (χ0) is 13.7. The Hall–Kier alpha value is -2.35. The Kier molecular flexibility index (Phi) is 3.81. The lowest BCUT2D eigenvalue weighted by atomic mass is 9.93. The molecule has 0 radical (unpaired) electrons. The predicted molar refractivity (Wildman–Crippen MR) is 68.4 cm³/mol. The van der Waals surface area contributed by atoms with Gasteiger partial charge in [-0.2, -0.15) is 5.26 Å². The van der Waals surface area contributed by atoms with Crippen molar-refractivity contribution < 1.29 is 14.4 Å². The van der Waals surface area contributed by atoms with Crippen LogP contribution < -0.4 is 0 Å². The molecule has 1 atom stereocenters. The quantitative estimate of drug-likeness (QED) is 0.598. The lowest BCUT2D eigenvalue weighted by Crippen LogP contribution is -2.26. The van der Waals surface area contributed by atoms with Gasteiger partial charge in [-0.1, -0.05) is 17.3 Å². The molecule has 98 valence electrons. The van der Waals surface area contributed by atoms with Crippen LogP contribution in [0.4, 0.5) is 0 Å². The number of ether oxygens (including phenoxy) is 1. The van der Waals surface area contributed by atoms with Crippen molar-refractivity contribution in [2.45, 2.75) is 25.4 Å². The molecule has 0 aliphatic carbocycles. The SMILES string of the molecule is CC1(CCOC=O)CC(c2cccc(C#N)c2)=NO1. The number of nitrogens with zero attached hydrogens (tertiary/aromatic N) is 2.